The summed E-state index contributed by atoms with van der Waals surface area (Å²) >= 11 is 5.97. The third kappa shape index (κ3) is 2.89. The molecule has 1 aromatic heterocycles. The Balaban J connectivity index is 1.86. The van der Waals surface area contributed by atoms with Crippen molar-refractivity contribution >= 4 is 11.6 Å². The number of aromatic nitrogens is 2. The van der Waals surface area contributed by atoms with Crippen LogP contribution in [0.15, 0.2) is 30.5 Å². The first kappa shape index (κ1) is 13.7. The Morgan fingerprint density at radius 2 is 2.15 bits per heavy atom. The summed E-state index contributed by atoms with van der Waals surface area (Å²) in [5.74, 6) is 0.713. The Hall–Kier alpha value is -1.32. The van der Waals surface area contributed by atoms with Gasteiger partial charge in [0, 0.05) is 23.3 Å². The van der Waals surface area contributed by atoms with Gasteiger partial charge < -0.3 is 5.32 Å². The van der Waals surface area contributed by atoms with E-state index in [1.54, 1.807) is 0 Å². The van der Waals surface area contributed by atoms with Crippen molar-refractivity contribution < 1.29 is 0 Å². The molecule has 106 valence electrons. The van der Waals surface area contributed by atoms with Gasteiger partial charge >= 0.3 is 0 Å². The fraction of sp³-hybridized carbons (Fsp3) is 0.438. The van der Waals surface area contributed by atoms with Gasteiger partial charge in [-0.3, -0.25) is 4.68 Å². The van der Waals surface area contributed by atoms with Crippen molar-refractivity contribution in [3.8, 4) is 11.1 Å². The maximum atomic E-state index is 5.97. The summed E-state index contributed by atoms with van der Waals surface area (Å²) in [6, 6.07) is 8.02. The van der Waals surface area contributed by atoms with E-state index in [1.165, 1.54) is 29.7 Å². The van der Waals surface area contributed by atoms with Crippen LogP contribution in [0, 0.1) is 5.92 Å². The van der Waals surface area contributed by atoms with E-state index >= 15 is 0 Å². The molecule has 0 saturated carbocycles. The zero-order valence-electron chi connectivity index (χ0n) is 11.8. The minimum absolute atomic E-state index is 0.713. The molecule has 20 heavy (non-hydrogen) atoms. The molecule has 1 N–H and O–H groups in total. The Kier molecular flexibility index (Phi) is 4.08. The molecule has 4 heteroatoms. The summed E-state index contributed by atoms with van der Waals surface area (Å²) in [6.07, 6.45) is 5.63. The van der Waals surface area contributed by atoms with Crippen LogP contribution in [-0.2, 0) is 13.5 Å². The summed E-state index contributed by atoms with van der Waals surface area (Å²) < 4.78 is 2.01. The number of aryl methyl sites for hydroxylation is 1. The van der Waals surface area contributed by atoms with Gasteiger partial charge in [0.25, 0.3) is 0 Å². The average Bonchev–Trinajstić information content (AvgIpc) is 2.83. The Morgan fingerprint density at radius 1 is 1.35 bits per heavy atom. The monoisotopic (exact) mass is 289 g/mol. The summed E-state index contributed by atoms with van der Waals surface area (Å²) in [5, 5.41) is 8.70. The number of rotatable bonds is 3. The molecule has 1 unspecified atom stereocenters. The van der Waals surface area contributed by atoms with E-state index in [-0.39, 0.29) is 0 Å². The third-order valence-corrected chi connectivity index (χ3v) is 4.35. The molecule has 1 atom stereocenters. The van der Waals surface area contributed by atoms with Crippen molar-refractivity contribution in [3.63, 3.8) is 0 Å². The molecule has 0 amide bonds. The number of nitrogens with one attached hydrogen (secondary N) is 1. The molecule has 1 fully saturated rings. The molecule has 0 aliphatic carbocycles. The van der Waals surface area contributed by atoms with E-state index in [9.17, 15) is 0 Å². The zero-order valence-corrected chi connectivity index (χ0v) is 12.5. The molecule has 0 radical (unpaired) electrons. The number of hydrogen-bond donors (Lipinski definition) is 1. The highest BCUT2D eigenvalue weighted by molar-refractivity contribution is 6.30. The van der Waals surface area contributed by atoms with Gasteiger partial charge in [-0.15, -0.1) is 0 Å². The fourth-order valence-corrected chi connectivity index (χ4v) is 3.07. The molecule has 3 rings (SSSR count). The Morgan fingerprint density at radius 3 is 2.85 bits per heavy atom. The molecule has 1 saturated heterocycles. The van der Waals surface area contributed by atoms with Crippen molar-refractivity contribution in [2.24, 2.45) is 13.0 Å². The SMILES string of the molecule is Cn1ncc(-c2ccc(Cl)cc2)c1CC1CCCNC1. The van der Waals surface area contributed by atoms with Crippen LogP contribution < -0.4 is 5.32 Å². The minimum atomic E-state index is 0.713. The average molecular weight is 290 g/mol. The third-order valence-electron chi connectivity index (χ3n) is 4.10. The molecule has 0 spiro atoms. The first-order valence-electron chi connectivity index (χ1n) is 7.21. The van der Waals surface area contributed by atoms with Crippen molar-refractivity contribution in [2.45, 2.75) is 19.3 Å². The largest absolute Gasteiger partial charge is 0.316 e. The summed E-state index contributed by atoms with van der Waals surface area (Å²) in [7, 11) is 2.03. The number of piperidine rings is 1. The van der Waals surface area contributed by atoms with Crippen LogP contribution in [0.1, 0.15) is 18.5 Å². The highest BCUT2D eigenvalue weighted by Gasteiger charge is 2.18. The molecule has 3 nitrogen and oxygen atoms in total. The summed E-state index contributed by atoms with van der Waals surface area (Å²) in [6.45, 7) is 2.27. The van der Waals surface area contributed by atoms with Gasteiger partial charge in [-0.05, 0) is 56.0 Å². The maximum Gasteiger partial charge on any atom is 0.0571 e. The number of nitrogens with zero attached hydrogens (tertiary/aromatic N) is 2. The summed E-state index contributed by atoms with van der Waals surface area (Å²) in [4.78, 5) is 0. The molecule has 1 aliphatic rings. The standard InChI is InChI=1S/C16H20ClN3/c1-20-16(9-12-3-2-8-18-10-12)15(11-19-20)13-4-6-14(17)7-5-13/h4-7,11-12,18H,2-3,8-10H2,1H3. The van der Waals surface area contributed by atoms with Gasteiger partial charge in [0.1, 0.15) is 0 Å². The second kappa shape index (κ2) is 5.98. The first-order chi connectivity index (χ1) is 9.74. The van der Waals surface area contributed by atoms with Gasteiger partial charge in [0.15, 0.2) is 0 Å². The Bertz CT molecular complexity index is 568. The molecule has 2 heterocycles. The number of benzene rings is 1. The summed E-state index contributed by atoms with van der Waals surface area (Å²) in [5.41, 5.74) is 3.75. The van der Waals surface area contributed by atoms with Crippen LogP contribution in [0.5, 0.6) is 0 Å². The fourth-order valence-electron chi connectivity index (χ4n) is 2.95. The van der Waals surface area contributed by atoms with E-state index in [4.69, 9.17) is 11.6 Å². The second-order valence-corrected chi connectivity index (χ2v) is 5.99. The van der Waals surface area contributed by atoms with Crippen LogP contribution in [-0.4, -0.2) is 22.9 Å². The smallest absolute Gasteiger partial charge is 0.0571 e. The van der Waals surface area contributed by atoms with Crippen molar-refractivity contribution in [3.05, 3.63) is 41.2 Å². The minimum Gasteiger partial charge on any atom is -0.316 e. The topological polar surface area (TPSA) is 29.9 Å². The Labute approximate surface area is 124 Å². The zero-order chi connectivity index (χ0) is 13.9. The van der Waals surface area contributed by atoms with Gasteiger partial charge in [-0.25, -0.2) is 0 Å². The lowest BCUT2D eigenvalue weighted by Crippen LogP contribution is -2.31. The van der Waals surface area contributed by atoms with Crippen LogP contribution in [0.4, 0.5) is 0 Å². The van der Waals surface area contributed by atoms with Crippen molar-refractivity contribution in [2.75, 3.05) is 13.1 Å². The van der Waals surface area contributed by atoms with Crippen LogP contribution in [0.25, 0.3) is 11.1 Å². The highest BCUT2D eigenvalue weighted by Crippen LogP contribution is 2.27. The molecule has 0 bridgehead atoms. The molecular formula is C16H20ClN3. The van der Waals surface area contributed by atoms with Crippen LogP contribution >= 0.6 is 11.6 Å². The quantitative estimate of drug-likeness (QED) is 0.940. The predicted octanol–water partition coefficient (Wildman–Crippen LogP) is 3.28. The van der Waals surface area contributed by atoms with E-state index in [0.29, 0.717) is 5.92 Å². The molecular weight excluding hydrogens is 270 g/mol. The van der Waals surface area contributed by atoms with Gasteiger partial charge in [-0.1, -0.05) is 23.7 Å². The van der Waals surface area contributed by atoms with E-state index in [1.807, 2.05) is 30.1 Å². The van der Waals surface area contributed by atoms with Gasteiger partial charge in [0.05, 0.1) is 6.20 Å². The number of halogens is 1. The van der Waals surface area contributed by atoms with E-state index in [0.717, 1.165) is 24.5 Å². The lowest BCUT2D eigenvalue weighted by atomic mass is 9.92. The number of hydrogen-bond acceptors (Lipinski definition) is 2. The predicted molar refractivity (Wildman–Crippen MR) is 83.0 cm³/mol. The molecule has 2 aromatic rings. The van der Waals surface area contributed by atoms with Gasteiger partial charge in [0.2, 0.25) is 0 Å². The van der Waals surface area contributed by atoms with Crippen LogP contribution in [0.2, 0.25) is 5.02 Å². The van der Waals surface area contributed by atoms with Crippen molar-refractivity contribution in [1.29, 1.82) is 0 Å². The first-order valence-corrected chi connectivity index (χ1v) is 7.59. The molecule has 1 aliphatic heterocycles. The van der Waals surface area contributed by atoms with Crippen LogP contribution in [0.3, 0.4) is 0 Å². The maximum absolute atomic E-state index is 5.97. The lowest BCUT2D eigenvalue weighted by molar-refractivity contribution is 0.370. The normalized spacial score (nSPS) is 19.2. The second-order valence-electron chi connectivity index (χ2n) is 5.55. The highest BCUT2D eigenvalue weighted by atomic mass is 35.5. The van der Waals surface area contributed by atoms with Crippen molar-refractivity contribution in [1.82, 2.24) is 15.1 Å². The van der Waals surface area contributed by atoms with E-state index < -0.39 is 0 Å². The molecule has 1 aromatic carbocycles. The van der Waals surface area contributed by atoms with E-state index in [2.05, 4.69) is 22.5 Å². The van der Waals surface area contributed by atoms with Gasteiger partial charge in [-0.2, -0.15) is 5.10 Å². The lowest BCUT2D eigenvalue weighted by Gasteiger charge is -2.23.